The molecule has 1 heterocycles. The molecule has 0 radical (unpaired) electrons. The third-order valence-corrected chi connectivity index (χ3v) is 1.95. The Morgan fingerprint density at radius 3 is 3.00 bits per heavy atom. The summed E-state index contributed by atoms with van der Waals surface area (Å²) in [6.45, 7) is 2.23. The van der Waals surface area contributed by atoms with Gasteiger partial charge in [-0.25, -0.2) is 0 Å². The van der Waals surface area contributed by atoms with E-state index in [1.165, 1.54) is 25.7 Å². The predicted molar refractivity (Wildman–Crippen MR) is 54.2 cm³/mol. The van der Waals surface area contributed by atoms with Crippen LogP contribution in [0.2, 0.25) is 0 Å². The highest BCUT2D eigenvalue weighted by Gasteiger charge is 1.87. The van der Waals surface area contributed by atoms with Crippen molar-refractivity contribution in [2.45, 2.75) is 39.0 Å². The molecule has 3 nitrogen and oxygen atoms in total. The van der Waals surface area contributed by atoms with Crippen molar-refractivity contribution in [3.05, 3.63) is 18.0 Å². The summed E-state index contributed by atoms with van der Waals surface area (Å²) in [5.41, 5.74) is 0.912. The van der Waals surface area contributed by atoms with E-state index in [0.717, 1.165) is 12.1 Å². The molecule has 0 aromatic carbocycles. The second-order valence-corrected chi connectivity index (χ2v) is 3.15. The molecule has 1 aromatic heterocycles. The Hall–Kier alpha value is -1.12. The summed E-state index contributed by atoms with van der Waals surface area (Å²) in [4.78, 5) is 0. The van der Waals surface area contributed by atoms with Crippen LogP contribution in [0.3, 0.4) is 0 Å². The Labute approximate surface area is 79.2 Å². The highest BCUT2D eigenvalue weighted by Crippen LogP contribution is 2.04. The minimum absolute atomic E-state index is 0.912. The molecule has 3 heteroatoms. The summed E-state index contributed by atoms with van der Waals surface area (Å²) < 4.78 is 0. The zero-order chi connectivity index (χ0) is 9.36. The number of hydrogen-bond donors (Lipinski definition) is 1. The van der Waals surface area contributed by atoms with Crippen molar-refractivity contribution in [1.29, 1.82) is 0 Å². The third kappa shape index (κ3) is 4.45. The molecule has 1 N–H and O–H groups in total. The maximum absolute atomic E-state index is 3.86. The molecule has 0 unspecified atom stereocenters. The standard InChI is InChI=1S/C10H17N3/c1-2-3-4-5-6-7-8-10-9-11-13-12-10/h7-9H,2-6H2,1H3,(H,11,12,13)/b8-7+. The molecular formula is C10H17N3. The van der Waals surface area contributed by atoms with Crippen LogP contribution in [-0.2, 0) is 0 Å². The minimum Gasteiger partial charge on any atom is -0.265 e. The van der Waals surface area contributed by atoms with Crippen LogP contribution in [0, 0.1) is 0 Å². The van der Waals surface area contributed by atoms with E-state index in [2.05, 4.69) is 28.4 Å². The first-order valence-corrected chi connectivity index (χ1v) is 4.96. The molecule has 0 saturated carbocycles. The van der Waals surface area contributed by atoms with Crippen molar-refractivity contribution in [2.24, 2.45) is 0 Å². The number of hydrogen-bond acceptors (Lipinski definition) is 2. The third-order valence-electron chi connectivity index (χ3n) is 1.95. The molecule has 0 fully saturated rings. The van der Waals surface area contributed by atoms with Gasteiger partial charge in [-0.15, -0.1) is 5.10 Å². The first kappa shape index (κ1) is 9.96. The molecule has 0 atom stereocenters. The number of allylic oxidation sites excluding steroid dienone is 1. The van der Waals surface area contributed by atoms with Crippen LogP contribution in [0.15, 0.2) is 12.3 Å². The molecule has 1 rings (SSSR count). The average Bonchev–Trinajstić information content (AvgIpc) is 2.63. The van der Waals surface area contributed by atoms with E-state index in [0.29, 0.717) is 0 Å². The molecule has 0 bridgehead atoms. The summed E-state index contributed by atoms with van der Waals surface area (Å²) >= 11 is 0. The van der Waals surface area contributed by atoms with Gasteiger partial charge in [0.15, 0.2) is 0 Å². The van der Waals surface area contributed by atoms with Crippen molar-refractivity contribution in [2.75, 3.05) is 0 Å². The maximum Gasteiger partial charge on any atom is 0.105 e. The van der Waals surface area contributed by atoms with Crippen molar-refractivity contribution in [1.82, 2.24) is 15.4 Å². The quantitative estimate of drug-likeness (QED) is 0.682. The normalized spacial score (nSPS) is 11.2. The molecule has 0 aliphatic carbocycles. The fraction of sp³-hybridized carbons (Fsp3) is 0.600. The summed E-state index contributed by atoms with van der Waals surface area (Å²) in [5, 5.41) is 10.2. The van der Waals surface area contributed by atoms with Gasteiger partial charge in [0.2, 0.25) is 0 Å². The van der Waals surface area contributed by atoms with E-state index in [4.69, 9.17) is 0 Å². The van der Waals surface area contributed by atoms with E-state index in [1.54, 1.807) is 6.20 Å². The Morgan fingerprint density at radius 2 is 2.31 bits per heavy atom. The molecule has 1 aromatic rings. The lowest BCUT2D eigenvalue weighted by molar-refractivity contribution is 0.675. The van der Waals surface area contributed by atoms with E-state index < -0.39 is 0 Å². The SMILES string of the molecule is CCCCCC/C=C/c1c[nH]nn1. The van der Waals surface area contributed by atoms with Crippen molar-refractivity contribution < 1.29 is 0 Å². The lowest BCUT2D eigenvalue weighted by Gasteiger charge is -1.93. The number of nitrogens with one attached hydrogen (secondary N) is 1. The number of aromatic nitrogens is 3. The topological polar surface area (TPSA) is 41.6 Å². The number of unbranched alkanes of at least 4 members (excludes halogenated alkanes) is 4. The molecule has 0 saturated heterocycles. The average molecular weight is 179 g/mol. The highest BCUT2D eigenvalue weighted by molar-refractivity contribution is 5.41. The van der Waals surface area contributed by atoms with Crippen LogP contribution in [0.1, 0.15) is 44.7 Å². The zero-order valence-corrected chi connectivity index (χ0v) is 8.16. The second kappa shape index (κ2) is 6.40. The summed E-state index contributed by atoms with van der Waals surface area (Å²) in [6, 6.07) is 0. The van der Waals surface area contributed by atoms with Gasteiger partial charge in [-0.2, -0.15) is 0 Å². The lowest BCUT2D eigenvalue weighted by Crippen LogP contribution is -1.74. The van der Waals surface area contributed by atoms with Gasteiger partial charge in [0.1, 0.15) is 5.69 Å². The van der Waals surface area contributed by atoms with Crippen LogP contribution in [0.25, 0.3) is 6.08 Å². The summed E-state index contributed by atoms with van der Waals surface area (Å²) in [5.74, 6) is 0. The number of aromatic amines is 1. The van der Waals surface area contributed by atoms with Gasteiger partial charge in [-0.1, -0.05) is 37.5 Å². The number of H-pyrrole nitrogens is 1. The zero-order valence-electron chi connectivity index (χ0n) is 8.16. The largest absolute Gasteiger partial charge is 0.265 e. The highest BCUT2D eigenvalue weighted by atomic mass is 15.3. The van der Waals surface area contributed by atoms with Crippen LogP contribution < -0.4 is 0 Å². The smallest absolute Gasteiger partial charge is 0.105 e. The van der Waals surface area contributed by atoms with Crippen LogP contribution in [0.5, 0.6) is 0 Å². The van der Waals surface area contributed by atoms with Gasteiger partial charge >= 0.3 is 0 Å². The van der Waals surface area contributed by atoms with Gasteiger partial charge in [-0.3, -0.25) is 5.10 Å². The summed E-state index contributed by atoms with van der Waals surface area (Å²) in [7, 11) is 0. The molecule has 13 heavy (non-hydrogen) atoms. The Bertz CT molecular complexity index is 226. The predicted octanol–water partition coefficient (Wildman–Crippen LogP) is 2.79. The van der Waals surface area contributed by atoms with Gasteiger partial charge in [0, 0.05) is 6.20 Å². The molecule has 0 aliphatic rings. The van der Waals surface area contributed by atoms with Gasteiger partial charge < -0.3 is 0 Å². The Balaban J connectivity index is 2.05. The van der Waals surface area contributed by atoms with Crippen molar-refractivity contribution in [3.8, 4) is 0 Å². The van der Waals surface area contributed by atoms with Gasteiger partial charge in [-0.05, 0) is 18.9 Å². The Morgan fingerprint density at radius 1 is 1.38 bits per heavy atom. The van der Waals surface area contributed by atoms with Crippen LogP contribution in [0.4, 0.5) is 0 Å². The fourth-order valence-corrected chi connectivity index (χ4v) is 1.18. The van der Waals surface area contributed by atoms with E-state index in [-0.39, 0.29) is 0 Å². The molecule has 72 valence electrons. The first-order chi connectivity index (χ1) is 6.43. The van der Waals surface area contributed by atoms with Crippen molar-refractivity contribution in [3.63, 3.8) is 0 Å². The monoisotopic (exact) mass is 179 g/mol. The van der Waals surface area contributed by atoms with Gasteiger partial charge in [0.25, 0.3) is 0 Å². The number of rotatable bonds is 6. The lowest BCUT2D eigenvalue weighted by atomic mass is 10.1. The fourth-order valence-electron chi connectivity index (χ4n) is 1.18. The van der Waals surface area contributed by atoms with Crippen molar-refractivity contribution >= 4 is 6.08 Å². The number of nitrogens with zero attached hydrogens (tertiary/aromatic N) is 2. The molecule has 0 aliphatic heterocycles. The first-order valence-electron chi connectivity index (χ1n) is 4.96. The molecule has 0 spiro atoms. The van der Waals surface area contributed by atoms with E-state index in [1.807, 2.05) is 6.08 Å². The second-order valence-electron chi connectivity index (χ2n) is 3.15. The molecular weight excluding hydrogens is 162 g/mol. The minimum atomic E-state index is 0.912. The van der Waals surface area contributed by atoms with Crippen LogP contribution >= 0.6 is 0 Å². The Kier molecular flexibility index (Phi) is 4.91. The van der Waals surface area contributed by atoms with Gasteiger partial charge in [0.05, 0.1) is 0 Å². The van der Waals surface area contributed by atoms with E-state index >= 15 is 0 Å². The molecule has 0 amide bonds. The maximum atomic E-state index is 3.86. The summed E-state index contributed by atoms with van der Waals surface area (Å²) in [6.07, 6.45) is 12.4. The van der Waals surface area contributed by atoms with Crippen LogP contribution in [-0.4, -0.2) is 15.4 Å². The van der Waals surface area contributed by atoms with E-state index in [9.17, 15) is 0 Å².